The van der Waals surface area contributed by atoms with Crippen molar-refractivity contribution in [2.45, 2.75) is 39.0 Å². The van der Waals surface area contributed by atoms with E-state index in [-0.39, 0.29) is 35.9 Å². The molecule has 4 aromatic rings. The number of ether oxygens (including phenoxy) is 2. The highest BCUT2D eigenvalue weighted by molar-refractivity contribution is 5.68. The number of halogens is 2. The van der Waals surface area contributed by atoms with Crippen molar-refractivity contribution in [1.29, 1.82) is 0 Å². The molecule has 12 heteroatoms. The third-order valence-corrected chi connectivity index (χ3v) is 7.72. The van der Waals surface area contributed by atoms with Gasteiger partial charge in [0.1, 0.15) is 17.5 Å². The van der Waals surface area contributed by atoms with Crippen molar-refractivity contribution in [2.75, 3.05) is 38.8 Å². The Morgan fingerprint density at radius 2 is 1.93 bits per heavy atom. The third kappa shape index (κ3) is 5.77. The molecule has 4 heterocycles. The van der Waals surface area contributed by atoms with Gasteiger partial charge >= 0.3 is 6.09 Å². The lowest BCUT2D eigenvalue weighted by atomic mass is 9.88. The van der Waals surface area contributed by atoms with E-state index in [0.29, 0.717) is 43.0 Å². The zero-order chi connectivity index (χ0) is 30.0. The van der Waals surface area contributed by atoms with Gasteiger partial charge in [0.2, 0.25) is 0 Å². The van der Waals surface area contributed by atoms with Crippen LogP contribution in [0.25, 0.3) is 16.8 Å². The second kappa shape index (κ2) is 12.4. The Hall–Kier alpha value is -4.16. The lowest BCUT2D eigenvalue weighted by molar-refractivity contribution is 0.0905. The van der Waals surface area contributed by atoms with E-state index in [1.165, 1.54) is 19.2 Å². The normalized spacial score (nSPS) is 18.8. The van der Waals surface area contributed by atoms with Crippen LogP contribution in [0, 0.1) is 17.6 Å². The van der Waals surface area contributed by atoms with Gasteiger partial charge in [-0.05, 0) is 48.7 Å². The average molecular weight is 580 g/mol. The van der Waals surface area contributed by atoms with Gasteiger partial charge < -0.3 is 25.0 Å². The fourth-order valence-corrected chi connectivity index (χ4v) is 5.84. The van der Waals surface area contributed by atoms with Crippen LogP contribution in [0.3, 0.4) is 0 Å². The van der Waals surface area contributed by atoms with Crippen LogP contribution in [0.4, 0.5) is 19.3 Å². The molecule has 1 aliphatic rings. The Labute approximate surface area is 243 Å². The molecule has 1 saturated heterocycles. The number of imidazole rings is 1. The first kappa shape index (κ1) is 29.3. The highest BCUT2D eigenvalue weighted by atomic mass is 19.1. The van der Waals surface area contributed by atoms with Crippen LogP contribution < -0.4 is 10.6 Å². The number of carbonyl (C=O) groups is 1. The molecule has 0 bridgehead atoms. The number of anilines is 1. The van der Waals surface area contributed by atoms with Crippen LogP contribution in [0.1, 0.15) is 30.8 Å². The number of carbonyl (C=O) groups excluding carboxylic acids is 1. The van der Waals surface area contributed by atoms with Crippen molar-refractivity contribution in [2.24, 2.45) is 11.7 Å². The summed E-state index contributed by atoms with van der Waals surface area (Å²) < 4.78 is 41.9. The Balaban J connectivity index is 1.42. The van der Waals surface area contributed by atoms with E-state index < -0.39 is 17.7 Å². The largest absolute Gasteiger partial charge is 0.453 e. The average Bonchev–Trinajstić information content (AvgIpc) is 3.37. The van der Waals surface area contributed by atoms with E-state index in [2.05, 4.69) is 26.9 Å². The first-order valence-electron chi connectivity index (χ1n) is 13.9. The second-order valence-corrected chi connectivity index (χ2v) is 10.6. The Morgan fingerprint density at radius 1 is 1.17 bits per heavy atom. The molecule has 2 N–H and O–H groups in total. The number of nitrogens with zero attached hydrogens (tertiary/aromatic N) is 6. The summed E-state index contributed by atoms with van der Waals surface area (Å²) in [5.41, 5.74) is 9.48. The lowest BCUT2D eigenvalue weighted by Crippen LogP contribution is -2.62. The predicted molar refractivity (Wildman–Crippen MR) is 154 cm³/mol. The molecule has 10 nitrogen and oxygen atoms in total. The molecule has 0 aliphatic carbocycles. The number of aromatic nitrogens is 4. The van der Waals surface area contributed by atoms with Crippen LogP contribution >= 0.6 is 0 Å². The standard InChI is InChI=1S/C30H35F2N7O3/c1-5-42-17-19-10-22(31)28(23(32)11-19)25-7-6-21-14-35-27(39(21)36-25)12-20-13-34-9-8-26(20)38-15-18(2)29(24(33)16-38)37(3)30(40)41-4/h6-11,13-14,18,24,29H,5,12,15-17,33H2,1-4H3/t18-,24+,29-/m0/s1. The van der Waals surface area contributed by atoms with Gasteiger partial charge in [0.05, 0.1) is 42.7 Å². The molecule has 0 spiro atoms. The van der Waals surface area contributed by atoms with Gasteiger partial charge in [-0.3, -0.25) is 4.98 Å². The number of piperidine rings is 1. The number of methoxy groups -OCH3 is 1. The van der Waals surface area contributed by atoms with E-state index in [1.54, 1.807) is 47.2 Å². The number of pyridine rings is 1. The minimum atomic E-state index is -0.709. The smallest absolute Gasteiger partial charge is 0.409 e. The maximum Gasteiger partial charge on any atom is 0.409 e. The van der Waals surface area contributed by atoms with Gasteiger partial charge in [-0.25, -0.2) is 23.1 Å². The molecule has 1 amide bonds. The quantitative estimate of drug-likeness (QED) is 0.333. The topological polar surface area (TPSA) is 111 Å². The van der Waals surface area contributed by atoms with Gasteiger partial charge in [0.25, 0.3) is 0 Å². The van der Waals surface area contributed by atoms with Crippen molar-refractivity contribution in [3.63, 3.8) is 0 Å². The fourth-order valence-electron chi connectivity index (χ4n) is 5.84. The van der Waals surface area contributed by atoms with Gasteiger partial charge in [-0.2, -0.15) is 5.10 Å². The maximum atomic E-state index is 15.0. The minimum absolute atomic E-state index is 0.0695. The summed E-state index contributed by atoms with van der Waals surface area (Å²) in [6.45, 7) is 5.64. The first-order valence-corrected chi connectivity index (χ1v) is 13.9. The van der Waals surface area contributed by atoms with Gasteiger partial charge in [0, 0.05) is 62.9 Å². The SMILES string of the molecule is CCOCc1cc(F)c(-c2ccc3cnc(Cc4cnccc4N4C[C@@H](N)[C@@H](N(C)C(=O)OC)[C@@H](C)C4)n3n2)c(F)c1. The number of hydrogen-bond acceptors (Lipinski definition) is 8. The molecular weight excluding hydrogens is 544 g/mol. The van der Waals surface area contributed by atoms with E-state index in [0.717, 1.165) is 11.3 Å². The summed E-state index contributed by atoms with van der Waals surface area (Å²) in [5, 5.41) is 4.57. The molecule has 1 aromatic carbocycles. The van der Waals surface area contributed by atoms with Gasteiger partial charge in [-0.1, -0.05) is 6.92 Å². The molecule has 42 heavy (non-hydrogen) atoms. The van der Waals surface area contributed by atoms with Crippen LogP contribution in [0.5, 0.6) is 0 Å². The third-order valence-electron chi connectivity index (χ3n) is 7.72. The lowest BCUT2D eigenvalue weighted by Gasteiger charge is -2.45. The summed E-state index contributed by atoms with van der Waals surface area (Å²) in [6.07, 6.45) is 5.13. The molecule has 222 valence electrons. The van der Waals surface area contributed by atoms with Crippen molar-refractivity contribution < 1.29 is 23.0 Å². The number of likely N-dealkylation sites (N-methyl/N-ethyl adjacent to an activating group) is 1. The van der Waals surface area contributed by atoms with Crippen molar-refractivity contribution in [3.8, 4) is 11.3 Å². The van der Waals surface area contributed by atoms with Crippen molar-refractivity contribution >= 4 is 17.3 Å². The van der Waals surface area contributed by atoms with E-state index in [4.69, 9.17) is 15.2 Å². The number of rotatable bonds is 8. The summed E-state index contributed by atoms with van der Waals surface area (Å²) in [6, 6.07) is 7.31. The molecule has 0 radical (unpaired) electrons. The van der Waals surface area contributed by atoms with Crippen molar-refractivity contribution in [1.82, 2.24) is 24.5 Å². The zero-order valence-electron chi connectivity index (χ0n) is 24.1. The Kier molecular flexibility index (Phi) is 8.64. The van der Waals surface area contributed by atoms with Crippen LogP contribution in [-0.4, -0.2) is 76.5 Å². The minimum Gasteiger partial charge on any atom is -0.453 e. The van der Waals surface area contributed by atoms with Crippen LogP contribution in [-0.2, 0) is 22.5 Å². The molecule has 1 fully saturated rings. The number of fused-ring (bicyclic) bond motifs is 1. The highest BCUT2D eigenvalue weighted by Gasteiger charge is 2.38. The maximum absolute atomic E-state index is 15.0. The Bertz CT molecular complexity index is 1540. The fraction of sp³-hybridized carbons (Fsp3) is 0.400. The summed E-state index contributed by atoms with van der Waals surface area (Å²) in [4.78, 5) is 24.8. The van der Waals surface area contributed by atoms with E-state index >= 15 is 8.78 Å². The van der Waals surface area contributed by atoms with Crippen molar-refractivity contribution in [3.05, 3.63) is 77.5 Å². The number of amides is 1. The molecule has 1 aliphatic heterocycles. The molecule has 0 unspecified atom stereocenters. The number of benzene rings is 1. The summed E-state index contributed by atoms with van der Waals surface area (Å²) >= 11 is 0. The summed E-state index contributed by atoms with van der Waals surface area (Å²) in [7, 11) is 3.06. The van der Waals surface area contributed by atoms with Gasteiger partial charge in [0.15, 0.2) is 0 Å². The molecule has 3 aromatic heterocycles. The van der Waals surface area contributed by atoms with Crippen LogP contribution in [0.2, 0.25) is 0 Å². The second-order valence-electron chi connectivity index (χ2n) is 10.6. The zero-order valence-corrected chi connectivity index (χ0v) is 24.1. The molecule has 5 rings (SSSR count). The van der Waals surface area contributed by atoms with E-state index in [1.807, 2.05) is 13.0 Å². The Morgan fingerprint density at radius 3 is 2.62 bits per heavy atom. The van der Waals surface area contributed by atoms with E-state index in [9.17, 15) is 4.79 Å². The predicted octanol–water partition coefficient (Wildman–Crippen LogP) is 4.05. The first-order chi connectivity index (χ1) is 20.2. The van der Waals surface area contributed by atoms with Crippen LogP contribution in [0.15, 0.2) is 48.9 Å². The molecule has 3 atom stereocenters. The monoisotopic (exact) mass is 579 g/mol. The van der Waals surface area contributed by atoms with Gasteiger partial charge in [-0.15, -0.1) is 0 Å². The highest BCUT2D eigenvalue weighted by Crippen LogP contribution is 2.30. The molecule has 0 saturated carbocycles. The molecular formula is C30H35F2N7O3. The number of hydrogen-bond donors (Lipinski definition) is 1. The summed E-state index contributed by atoms with van der Waals surface area (Å²) in [5.74, 6) is -0.758. The number of nitrogens with two attached hydrogens (primary N) is 1.